The summed E-state index contributed by atoms with van der Waals surface area (Å²) < 4.78 is 4.62. The summed E-state index contributed by atoms with van der Waals surface area (Å²) in [5.41, 5.74) is 0. The summed E-state index contributed by atoms with van der Waals surface area (Å²) in [7, 11) is 1.49. The largest absolute Gasteiger partial charge is 0.362 e. The average molecular weight is 160 g/mol. The predicted molar refractivity (Wildman–Crippen MR) is 50.0 cm³/mol. The van der Waals surface area contributed by atoms with Crippen LogP contribution in [0.2, 0.25) is 0 Å². The molecule has 1 rings (SSSR count). The summed E-state index contributed by atoms with van der Waals surface area (Å²) in [4.78, 5) is 2.22. The Labute approximate surface area is 64.8 Å². The highest BCUT2D eigenvalue weighted by molar-refractivity contribution is 8.31. The van der Waals surface area contributed by atoms with Gasteiger partial charge in [-0.2, -0.15) is 0 Å². The molecule has 0 saturated heterocycles. The lowest BCUT2D eigenvalue weighted by atomic mass is 10.5. The van der Waals surface area contributed by atoms with Gasteiger partial charge in [-0.05, 0) is 19.4 Å². The van der Waals surface area contributed by atoms with Crippen LogP contribution in [0.15, 0.2) is 4.40 Å². The van der Waals surface area contributed by atoms with Gasteiger partial charge in [0.15, 0.2) is 0 Å². The van der Waals surface area contributed by atoms with Crippen LogP contribution < -0.4 is 0 Å². The molecule has 0 aliphatic carbocycles. The van der Waals surface area contributed by atoms with Crippen molar-refractivity contribution in [2.45, 2.75) is 6.92 Å². The van der Waals surface area contributed by atoms with Crippen LogP contribution in [0.25, 0.3) is 0 Å². The minimum atomic E-state index is -0.619. The SMILES string of the molecule is CC1=NS(C)(C)CCN1C. The smallest absolute Gasteiger partial charge is 0.107 e. The topological polar surface area (TPSA) is 15.6 Å². The lowest BCUT2D eigenvalue weighted by molar-refractivity contribution is 0.531. The van der Waals surface area contributed by atoms with E-state index in [4.69, 9.17) is 0 Å². The van der Waals surface area contributed by atoms with Crippen molar-refractivity contribution in [3.63, 3.8) is 0 Å². The fourth-order valence-corrected chi connectivity index (χ4v) is 2.66. The molecule has 0 atom stereocenters. The van der Waals surface area contributed by atoms with Crippen molar-refractivity contribution in [3.05, 3.63) is 0 Å². The molecule has 3 heteroatoms. The van der Waals surface area contributed by atoms with E-state index in [1.807, 2.05) is 0 Å². The molecular formula is C7H16N2S. The zero-order chi connectivity index (χ0) is 7.78. The van der Waals surface area contributed by atoms with Gasteiger partial charge in [0.1, 0.15) is 5.84 Å². The molecule has 0 fully saturated rings. The highest BCUT2D eigenvalue weighted by atomic mass is 32.3. The van der Waals surface area contributed by atoms with Gasteiger partial charge in [-0.3, -0.25) is 0 Å². The van der Waals surface area contributed by atoms with Gasteiger partial charge in [0, 0.05) is 19.3 Å². The van der Waals surface area contributed by atoms with E-state index in [1.54, 1.807) is 0 Å². The summed E-state index contributed by atoms with van der Waals surface area (Å²) in [5.74, 6) is 2.45. The van der Waals surface area contributed by atoms with Gasteiger partial charge < -0.3 is 4.90 Å². The average Bonchev–Trinajstić information content (AvgIpc) is 1.79. The second kappa shape index (κ2) is 2.46. The lowest BCUT2D eigenvalue weighted by Gasteiger charge is -2.36. The minimum Gasteiger partial charge on any atom is -0.362 e. The number of rotatable bonds is 0. The van der Waals surface area contributed by atoms with E-state index in [1.165, 1.54) is 18.1 Å². The van der Waals surface area contributed by atoms with Crippen LogP contribution in [-0.2, 0) is 0 Å². The summed E-state index contributed by atoms with van der Waals surface area (Å²) in [6.45, 7) is 3.27. The van der Waals surface area contributed by atoms with Crippen molar-refractivity contribution >= 4 is 16.0 Å². The maximum atomic E-state index is 4.62. The van der Waals surface area contributed by atoms with Crippen molar-refractivity contribution in [2.24, 2.45) is 4.40 Å². The van der Waals surface area contributed by atoms with E-state index in [0.29, 0.717) is 0 Å². The first kappa shape index (κ1) is 7.92. The number of amidine groups is 1. The maximum absolute atomic E-state index is 4.62. The van der Waals surface area contributed by atoms with Crippen LogP contribution in [-0.4, -0.2) is 42.6 Å². The monoisotopic (exact) mass is 160 g/mol. The third-order valence-electron chi connectivity index (χ3n) is 1.86. The molecule has 1 heterocycles. The molecule has 10 heavy (non-hydrogen) atoms. The van der Waals surface area contributed by atoms with E-state index in [-0.39, 0.29) is 0 Å². The Morgan fingerprint density at radius 1 is 1.50 bits per heavy atom. The van der Waals surface area contributed by atoms with E-state index in [2.05, 4.69) is 35.8 Å². The van der Waals surface area contributed by atoms with Gasteiger partial charge in [-0.15, -0.1) is 10.2 Å². The number of hydrogen-bond donors (Lipinski definition) is 0. The zero-order valence-corrected chi connectivity index (χ0v) is 8.03. The Morgan fingerprint density at radius 2 is 2.10 bits per heavy atom. The van der Waals surface area contributed by atoms with E-state index in [9.17, 15) is 0 Å². The summed E-state index contributed by atoms with van der Waals surface area (Å²) in [6.07, 6.45) is 4.53. The fourth-order valence-electron chi connectivity index (χ4n) is 0.995. The number of nitrogens with zero attached hydrogens (tertiary/aromatic N) is 2. The van der Waals surface area contributed by atoms with Gasteiger partial charge in [-0.1, -0.05) is 0 Å². The Morgan fingerprint density at radius 3 is 2.50 bits per heavy atom. The highest BCUT2D eigenvalue weighted by Crippen LogP contribution is 2.43. The molecule has 0 radical (unpaired) electrons. The molecule has 0 bridgehead atoms. The third kappa shape index (κ3) is 1.66. The Bertz CT molecular complexity index is 163. The van der Waals surface area contributed by atoms with E-state index in [0.717, 1.165) is 0 Å². The molecule has 0 spiro atoms. The molecule has 0 unspecified atom stereocenters. The zero-order valence-electron chi connectivity index (χ0n) is 7.22. The standard InChI is InChI=1S/C7H16N2S/c1-7-8-10(3,4)6-5-9(7)2/h5-6H2,1-4H3. The van der Waals surface area contributed by atoms with Gasteiger partial charge in [0.25, 0.3) is 0 Å². The summed E-state index contributed by atoms with van der Waals surface area (Å²) in [6, 6.07) is 0. The van der Waals surface area contributed by atoms with Gasteiger partial charge >= 0.3 is 0 Å². The van der Waals surface area contributed by atoms with Crippen molar-refractivity contribution in [2.75, 3.05) is 31.9 Å². The first-order valence-electron chi connectivity index (χ1n) is 3.50. The van der Waals surface area contributed by atoms with Crippen molar-refractivity contribution in [3.8, 4) is 0 Å². The second-order valence-electron chi connectivity index (χ2n) is 3.24. The molecule has 1 aliphatic rings. The van der Waals surface area contributed by atoms with Gasteiger partial charge in [-0.25, -0.2) is 4.40 Å². The van der Waals surface area contributed by atoms with Crippen LogP contribution in [0.1, 0.15) is 6.92 Å². The number of hydrogen-bond acceptors (Lipinski definition) is 2. The molecule has 0 aromatic heterocycles. The van der Waals surface area contributed by atoms with Gasteiger partial charge in [0.05, 0.1) is 0 Å². The molecule has 2 nitrogen and oxygen atoms in total. The van der Waals surface area contributed by atoms with Crippen molar-refractivity contribution in [1.82, 2.24) is 4.90 Å². The van der Waals surface area contributed by atoms with Crippen LogP contribution in [0.4, 0.5) is 0 Å². The molecule has 0 aromatic rings. The molecular weight excluding hydrogens is 144 g/mol. The van der Waals surface area contributed by atoms with Crippen molar-refractivity contribution < 1.29 is 0 Å². The first-order chi connectivity index (χ1) is 4.51. The van der Waals surface area contributed by atoms with Crippen LogP contribution in [0, 0.1) is 0 Å². The molecule has 0 saturated carbocycles. The Kier molecular flexibility index (Phi) is 1.95. The molecule has 60 valence electrons. The highest BCUT2D eigenvalue weighted by Gasteiger charge is 2.17. The molecule has 0 amide bonds. The quantitative estimate of drug-likeness (QED) is 0.522. The normalized spacial score (nSPS) is 27.6. The molecule has 1 aliphatic heterocycles. The fraction of sp³-hybridized carbons (Fsp3) is 0.857. The van der Waals surface area contributed by atoms with Crippen LogP contribution >= 0.6 is 10.2 Å². The maximum Gasteiger partial charge on any atom is 0.107 e. The first-order valence-corrected chi connectivity index (χ1v) is 6.07. The predicted octanol–water partition coefficient (Wildman–Crippen LogP) is 1.33. The lowest BCUT2D eigenvalue weighted by Crippen LogP contribution is -2.32. The molecule has 0 N–H and O–H groups in total. The Balaban J connectivity index is 2.76. The van der Waals surface area contributed by atoms with Crippen molar-refractivity contribution in [1.29, 1.82) is 0 Å². The van der Waals surface area contributed by atoms with Crippen LogP contribution in [0.3, 0.4) is 0 Å². The third-order valence-corrected chi connectivity index (χ3v) is 3.80. The minimum absolute atomic E-state index is 0.619. The summed E-state index contributed by atoms with van der Waals surface area (Å²) in [5, 5.41) is 0. The molecule has 0 aromatic carbocycles. The summed E-state index contributed by atoms with van der Waals surface area (Å²) >= 11 is 0. The van der Waals surface area contributed by atoms with E-state index < -0.39 is 10.2 Å². The second-order valence-corrected chi connectivity index (χ2v) is 6.79. The van der Waals surface area contributed by atoms with E-state index >= 15 is 0 Å². The van der Waals surface area contributed by atoms with Crippen LogP contribution in [0.5, 0.6) is 0 Å². The van der Waals surface area contributed by atoms with Gasteiger partial charge in [0.2, 0.25) is 0 Å². The Hall–Kier alpha value is -0.180.